The monoisotopic (exact) mass is 339 g/mol. The second-order valence-electron chi connectivity index (χ2n) is 3.46. The number of amides is 1. The number of hydrogen-bond donors (Lipinski definition) is 2. The number of nitrogens with zero attached hydrogens (tertiary/aromatic N) is 1. The zero-order valence-corrected chi connectivity index (χ0v) is 11.0. The van der Waals surface area contributed by atoms with E-state index >= 15 is 0 Å². The molecule has 4 nitrogen and oxygen atoms in total. The summed E-state index contributed by atoms with van der Waals surface area (Å²) in [5.74, 6) is -0.436. The van der Waals surface area contributed by atoms with Crippen molar-refractivity contribution in [1.29, 1.82) is 0 Å². The minimum absolute atomic E-state index is 0.436. The van der Waals surface area contributed by atoms with Gasteiger partial charge in [0.25, 0.3) is 0 Å². The molecule has 0 aliphatic carbocycles. The number of carbonyl (C=O) groups excluding carboxylic acids is 1. The summed E-state index contributed by atoms with van der Waals surface area (Å²) in [6, 6.07) is 9.00. The Morgan fingerprint density at radius 2 is 2.06 bits per heavy atom. The van der Waals surface area contributed by atoms with E-state index in [0.29, 0.717) is 5.56 Å². The summed E-state index contributed by atoms with van der Waals surface area (Å²) in [5, 5.41) is 3.16. The minimum Gasteiger partial charge on any atom is -0.366 e. The number of rotatable bonds is 3. The Balaban J connectivity index is 2.24. The molecule has 17 heavy (non-hydrogen) atoms. The van der Waals surface area contributed by atoms with Gasteiger partial charge in [-0.15, -0.1) is 0 Å². The quantitative estimate of drug-likeness (QED) is 0.845. The standard InChI is InChI=1S/C12H10IN3O/c13-9-5-11(7-15-6-9)16-10-3-1-2-8(4-10)12(14)17/h1-7,16H,(H2,14,17). The van der Waals surface area contributed by atoms with Crippen LogP contribution < -0.4 is 11.1 Å². The maximum Gasteiger partial charge on any atom is 0.248 e. The number of nitrogens with two attached hydrogens (primary N) is 1. The van der Waals surface area contributed by atoms with Gasteiger partial charge in [0.05, 0.1) is 11.9 Å². The van der Waals surface area contributed by atoms with Crippen LogP contribution in [0.2, 0.25) is 0 Å². The van der Waals surface area contributed by atoms with Gasteiger partial charge in [-0.05, 0) is 46.9 Å². The Morgan fingerprint density at radius 3 is 2.76 bits per heavy atom. The van der Waals surface area contributed by atoms with Gasteiger partial charge in [-0.1, -0.05) is 6.07 Å². The lowest BCUT2D eigenvalue weighted by Crippen LogP contribution is -2.10. The van der Waals surface area contributed by atoms with Crippen molar-refractivity contribution in [1.82, 2.24) is 4.98 Å². The third-order valence-electron chi connectivity index (χ3n) is 2.14. The van der Waals surface area contributed by atoms with E-state index in [1.165, 1.54) is 0 Å². The fourth-order valence-corrected chi connectivity index (χ4v) is 1.89. The molecule has 1 aromatic carbocycles. The summed E-state index contributed by atoms with van der Waals surface area (Å²) in [6.45, 7) is 0. The minimum atomic E-state index is -0.436. The lowest BCUT2D eigenvalue weighted by atomic mass is 10.2. The smallest absolute Gasteiger partial charge is 0.248 e. The van der Waals surface area contributed by atoms with Crippen LogP contribution >= 0.6 is 22.6 Å². The van der Waals surface area contributed by atoms with Gasteiger partial charge in [0.1, 0.15) is 0 Å². The average molecular weight is 339 g/mol. The highest BCUT2D eigenvalue weighted by Gasteiger charge is 2.01. The number of carbonyl (C=O) groups is 1. The van der Waals surface area contributed by atoms with Gasteiger partial charge in [-0.3, -0.25) is 9.78 Å². The average Bonchev–Trinajstić information content (AvgIpc) is 2.29. The molecular formula is C12H10IN3O. The second kappa shape index (κ2) is 5.13. The van der Waals surface area contributed by atoms with Crippen LogP contribution in [0.4, 0.5) is 11.4 Å². The molecule has 86 valence electrons. The van der Waals surface area contributed by atoms with Crippen molar-refractivity contribution in [3.8, 4) is 0 Å². The summed E-state index contributed by atoms with van der Waals surface area (Å²) < 4.78 is 1.04. The summed E-state index contributed by atoms with van der Waals surface area (Å²) in [6.07, 6.45) is 3.49. The van der Waals surface area contributed by atoms with Gasteiger partial charge in [0.15, 0.2) is 0 Å². The van der Waals surface area contributed by atoms with E-state index in [1.807, 2.05) is 12.1 Å². The largest absolute Gasteiger partial charge is 0.366 e. The number of halogens is 1. The van der Waals surface area contributed by atoms with Crippen molar-refractivity contribution in [3.05, 3.63) is 51.9 Å². The van der Waals surface area contributed by atoms with Crippen molar-refractivity contribution in [2.75, 3.05) is 5.32 Å². The van der Waals surface area contributed by atoms with E-state index in [4.69, 9.17) is 5.73 Å². The van der Waals surface area contributed by atoms with Crippen molar-refractivity contribution in [2.45, 2.75) is 0 Å². The van der Waals surface area contributed by atoms with E-state index in [1.54, 1.807) is 30.6 Å². The number of nitrogens with one attached hydrogen (secondary N) is 1. The first-order chi connectivity index (χ1) is 8.15. The second-order valence-corrected chi connectivity index (χ2v) is 4.71. The van der Waals surface area contributed by atoms with Crippen LogP contribution in [-0.2, 0) is 0 Å². The highest BCUT2D eigenvalue weighted by atomic mass is 127. The van der Waals surface area contributed by atoms with Crippen LogP contribution in [0.15, 0.2) is 42.7 Å². The molecule has 0 saturated heterocycles. The normalized spacial score (nSPS) is 9.94. The van der Waals surface area contributed by atoms with E-state index in [2.05, 4.69) is 32.9 Å². The van der Waals surface area contributed by atoms with E-state index in [0.717, 1.165) is 14.9 Å². The molecule has 1 heterocycles. The van der Waals surface area contributed by atoms with Crippen LogP contribution in [0.3, 0.4) is 0 Å². The third-order valence-corrected chi connectivity index (χ3v) is 2.73. The van der Waals surface area contributed by atoms with Crippen LogP contribution in [0.25, 0.3) is 0 Å². The molecule has 3 N–H and O–H groups in total. The predicted octanol–water partition coefficient (Wildman–Crippen LogP) is 2.53. The van der Waals surface area contributed by atoms with E-state index in [9.17, 15) is 4.79 Å². The lowest BCUT2D eigenvalue weighted by Gasteiger charge is -2.07. The number of primary amides is 1. The molecule has 0 fully saturated rings. The number of hydrogen-bond acceptors (Lipinski definition) is 3. The van der Waals surface area contributed by atoms with Crippen LogP contribution in [0, 0.1) is 3.57 Å². The van der Waals surface area contributed by atoms with Crippen molar-refractivity contribution in [3.63, 3.8) is 0 Å². The predicted molar refractivity (Wildman–Crippen MR) is 75.2 cm³/mol. The molecule has 0 spiro atoms. The maximum atomic E-state index is 11.0. The molecule has 0 bridgehead atoms. The Morgan fingerprint density at radius 1 is 1.24 bits per heavy atom. The van der Waals surface area contributed by atoms with Crippen LogP contribution in [-0.4, -0.2) is 10.9 Å². The van der Waals surface area contributed by atoms with Gasteiger partial charge in [-0.2, -0.15) is 0 Å². The first-order valence-electron chi connectivity index (χ1n) is 4.92. The van der Waals surface area contributed by atoms with Gasteiger partial charge in [0, 0.05) is 21.0 Å². The summed E-state index contributed by atoms with van der Waals surface area (Å²) >= 11 is 2.19. The van der Waals surface area contributed by atoms with Crippen molar-refractivity contribution < 1.29 is 4.79 Å². The lowest BCUT2D eigenvalue weighted by molar-refractivity contribution is 0.100. The van der Waals surface area contributed by atoms with Crippen molar-refractivity contribution in [2.24, 2.45) is 5.73 Å². The summed E-state index contributed by atoms with van der Waals surface area (Å²) in [7, 11) is 0. The van der Waals surface area contributed by atoms with Crippen LogP contribution in [0.1, 0.15) is 10.4 Å². The number of pyridine rings is 1. The SMILES string of the molecule is NC(=O)c1cccc(Nc2cncc(I)c2)c1. The molecule has 0 aliphatic rings. The summed E-state index contributed by atoms with van der Waals surface area (Å²) in [5.41, 5.74) is 7.38. The molecule has 0 atom stereocenters. The van der Waals surface area contributed by atoms with Gasteiger partial charge in [-0.25, -0.2) is 0 Å². The maximum absolute atomic E-state index is 11.0. The highest BCUT2D eigenvalue weighted by Crippen LogP contribution is 2.18. The Hall–Kier alpha value is -1.63. The fourth-order valence-electron chi connectivity index (χ4n) is 1.40. The number of benzene rings is 1. The summed E-state index contributed by atoms with van der Waals surface area (Å²) in [4.78, 5) is 15.1. The zero-order valence-electron chi connectivity index (χ0n) is 8.85. The molecule has 2 aromatic rings. The topological polar surface area (TPSA) is 68.0 Å². The molecule has 1 aromatic heterocycles. The van der Waals surface area contributed by atoms with Gasteiger partial charge < -0.3 is 11.1 Å². The number of aromatic nitrogens is 1. The molecule has 0 unspecified atom stereocenters. The Labute approximate surface area is 112 Å². The third kappa shape index (κ3) is 3.16. The highest BCUT2D eigenvalue weighted by molar-refractivity contribution is 14.1. The first kappa shape index (κ1) is 11.8. The van der Waals surface area contributed by atoms with E-state index < -0.39 is 5.91 Å². The fraction of sp³-hybridized carbons (Fsp3) is 0. The zero-order chi connectivity index (χ0) is 12.3. The molecule has 2 rings (SSSR count). The Bertz CT molecular complexity index is 557. The molecule has 0 saturated carbocycles. The van der Waals surface area contributed by atoms with Gasteiger partial charge >= 0.3 is 0 Å². The van der Waals surface area contributed by atoms with E-state index in [-0.39, 0.29) is 0 Å². The van der Waals surface area contributed by atoms with Gasteiger partial charge in [0.2, 0.25) is 5.91 Å². The molecule has 1 amide bonds. The number of anilines is 2. The van der Waals surface area contributed by atoms with Crippen molar-refractivity contribution >= 4 is 39.9 Å². The molecule has 0 aliphatic heterocycles. The molecule has 5 heteroatoms. The van der Waals surface area contributed by atoms with Crippen LogP contribution in [0.5, 0.6) is 0 Å². The molecular weight excluding hydrogens is 329 g/mol. The Kier molecular flexibility index (Phi) is 3.58. The first-order valence-corrected chi connectivity index (χ1v) is 6.00. The molecule has 0 radical (unpaired) electrons.